The zero-order valence-electron chi connectivity index (χ0n) is 8.91. The van der Waals surface area contributed by atoms with Crippen LogP contribution in [0.3, 0.4) is 0 Å². The van der Waals surface area contributed by atoms with Gasteiger partial charge in [0, 0.05) is 24.3 Å². The zero-order chi connectivity index (χ0) is 10.8. The summed E-state index contributed by atoms with van der Waals surface area (Å²) in [7, 11) is 0. The van der Waals surface area contributed by atoms with E-state index >= 15 is 0 Å². The molecule has 1 aromatic carbocycles. The monoisotopic (exact) mass is 209 g/mol. The van der Waals surface area contributed by atoms with E-state index in [4.69, 9.17) is 0 Å². The molecule has 0 bridgehead atoms. The van der Waals surface area contributed by atoms with Crippen LogP contribution < -0.4 is 4.90 Å². The van der Waals surface area contributed by atoms with Gasteiger partial charge in [-0.2, -0.15) is 0 Å². The van der Waals surface area contributed by atoms with Crippen molar-refractivity contribution < 1.29 is 9.50 Å². The second-order valence-electron chi connectivity index (χ2n) is 4.04. The Hall–Kier alpha value is -1.09. The molecule has 1 aliphatic heterocycles. The van der Waals surface area contributed by atoms with E-state index < -0.39 is 6.10 Å². The molecule has 2 rings (SSSR count). The van der Waals surface area contributed by atoms with E-state index in [0.29, 0.717) is 5.56 Å². The Bertz CT molecular complexity index is 345. The summed E-state index contributed by atoms with van der Waals surface area (Å²) in [5.41, 5.74) is 1.28. The molecule has 1 atom stereocenters. The quantitative estimate of drug-likeness (QED) is 0.808. The van der Waals surface area contributed by atoms with Gasteiger partial charge >= 0.3 is 0 Å². The third-order valence-electron chi connectivity index (χ3n) is 2.89. The lowest BCUT2D eigenvalue weighted by Crippen LogP contribution is -2.20. The van der Waals surface area contributed by atoms with Crippen molar-refractivity contribution in [3.63, 3.8) is 0 Å². The number of anilines is 1. The highest BCUT2D eigenvalue weighted by Crippen LogP contribution is 2.30. The minimum absolute atomic E-state index is 0.311. The Kier molecular flexibility index (Phi) is 2.91. The summed E-state index contributed by atoms with van der Waals surface area (Å²) in [6.45, 7) is 3.53. The summed E-state index contributed by atoms with van der Waals surface area (Å²) in [5, 5.41) is 9.58. The van der Waals surface area contributed by atoms with E-state index in [-0.39, 0.29) is 5.82 Å². The van der Waals surface area contributed by atoms with Gasteiger partial charge in [-0.15, -0.1) is 0 Å². The van der Waals surface area contributed by atoms with E-state index in [1.807, 2.05) is 6.07 Å². The first-order valence-electron chi connectivity index (χ1n) is 5.41. The summed E-state index contributed by atoms with van der Waals surface area (Å²) >= 11 is 0. The van der Waals surface area contributed by atoms with Crippen molar-refractivity contribution in [2.24, 2.45) is 0 Å². The van der Waals surface area contributed by atoms with Gasteiger partial charge < -0.3 is 10.0 Å². The zero-order valence-corrected chi connectivity index (χ0v) is 8.91. The average molecular weight is 209 g/mol. The largest absolute Gasteiger partial charge is 0.389 e. The molecule has 1 fully saturated rings. The van der Waals surface area contributed by atoms with Crippen molar-refractivity contribution in [3.05, 3.63) is 29.6 Å². The number of hydrogen-bond donors (Lipinski definition) is 1. The van der Waals surface area contributed by atoms with Crippen molar-refractivity contribution in [2.75, 3.05) is 18.0 Å². The maximum atomic E-state index is 13.6. The number of rotatable bonds is 2. The van der Waals surface area contributed by atoms with E-state index in [9.17, 15) is 9.50 Å². The molecule has 1 aliphatic rings. The summed E-state index contributed by atoms with van der Waals surface area (Å²) in [6.07, 6.45) is 1.55. The predicted molar refractivity (Wildman–Crippen MR) is 58.5 cm³/mol. The molecule has 0 radical (unpaired) electrons. The van der Waals surface area contributed by atoms with Crippen molar-refractivity contribution in [1.82, 2.24) is 0 Å². The highest BCUT2D eigenvalue weighted by molar-refractivity contribution is 5.55. The smallest absolute Gasteiger partial charge is 0.131 e. The first kappa shape index (κ1) is 10.4. The molecule has 3 heteroatoms. The number of benzene rings is 1. The molecule has 1 heterocycles. The molecule has 1 aromatic rings. The van der Waals surface area contributed by atoms with Crippen molar-refractivity contribution in [1.29, 1.82) is 0 Å². The van der Waals surface area contributed by atoms with Gasteiger partial charge in [0.05, 0.1) is 6.10 Å². The first-order chi connectivity index (χ1) is 7.20. The fourth-order valence-corrected chi connectivity index (χ4v) is 2.17. The summed E-state index contributed by atoms with van der Waals surface area (Å²) in [6, 6.07) is 4.99. The maximum Gasteiger partial charge on any atom is 0.131 e. The second-order valence-corrected chi connectivity index (χ2v) is 4.04. The number of halogens is 1. The third-order valence-corrected chi connectivity index (χ3v) is 2.89. The fraction of sp³-hybridized carbons (Fsp3) is 0.500. The van der Waals surface area contributed by atoms with Gasteiger partial charge in [-0.05, 0) is 31.9 Å². The van der Waals surface area contributed by atoms with Crippen LogP contribution in [-0.2, 0) is 0 Å². The minimum atomic E-state index is -0.748. The lowest BCUT2D eigenvalue weighted by molar-refractivity contribution is 0.194. The summed E-state index contributed by atoms with van der Waals surface area (Å²) < 4.78 is 13.6. The molecule has 0 spiro atoms. The number of aliphatic hydroxyl groups excluding tert-OH is 1. The highest BCUT2D eigenvalue weighted by atomic mass is 19.1. The van der Waals surface area contributed by atoms with Crippen LogP contribution in [0.2, 0.25) is 0 Å². The van der Waals surface area contributed by atoms with Crippen LogP contribution >= 0.6 is 0 Å². The first-order valence-corrected chi connectivity index (χ1v) is 5.41. The van der Waals surface area contributed by atoms with Crippen LogP contribution in [0, 0.1) is 5.82 Å². The highest BCUT2D eigenvalue weighted by Gasteiger charge is 2.20. The Labute approximate surface area is 89.3 Å². The summed E-state index contributed by atoms with van der Waals surface area (Å²) in [4.78, 5) is 2.14. The third kappa shape index (κ3) is 1.97. The van der Waals surface area contributed by atoms with Gasteiger partial charge in [-0.1, -0.05) is 6.07 Å². The Balaban J connectivity index is 2.40. The molecular formula is C12H16FNO. The molecule has 0 aromatic heterocycles. The second kappa shape index (κ2) is 4.19. The Morgan fingerprint density at radius 3 is 2.60 bits per heavy atom. The van der Waals surface area contributed by atoms with E-state index in [2.05, 4.69) is 4.90 Å². The predicted octanol–water partition coefficient (Wildman–Crippen LogP) is 2.48. The molecule has 1 N–H and O–H groups in total. The fourth-order valence-electron chi connectivity index (χ4n) is 2.17. The van der Waals surface area contributed by atoms with Crippen molar-refractivity contribution in [3.8, 4) is 0 Å². The van der Waals surface area contributed by atoms with Gasteiger partial charge in [0.25, 0.3) is 0 Å². The van der Waals surface area contributed by atoms with Crippen LogP contribution in [0.4, 0.5) is 10.1 Å². The van der Waals surface area contributed by atoms with Crippen molar-refractivity contribution >= 4 is 5.69 Å². The number of nitrogens with zero attached hydrogens (tertiary/aromatic N) is 1. The molecule has 0 saturated carbocycles. The topological polar surface area (TPSA) is 23.5 Å². The molecule has 15 heavy (non-hydrogen) atoms. The summed E-state index contributed by atoms with van der Waals surface area (Å²) in [5.74, 6) is -0.311. The van der Waals surface area contributed by atoms with E-state index in [1.54, 1.807) is 13.0 Å². The minimum Gasteiger partial charge on any atom is -0.389 e. The van der Waals surface area contributed by atoms with Crippen molar-refractivity contribution in [2.45, 2.75) is 25.9 Å². The molecule has 2 nitrogen and oxygen atoms in total. The number of aliphatic hydroxyl groups is 1. The van der Waals surface area contributed by atoms with Crippen LogP contribution in [0.15, 0.2) is 18.2 Å². The lowest BCUT2D eigenvalue weighted by atomic mass is 10.1. The van der Waals surface area contributed by atoms with Gasteiger partial charge in [-0.3, -0.25) is 0 Å². The SMILES string of the molecule is CC(O)c1c(F)cccc1N1CCCC1. The molecule has 1 unspecified atom stereocenters. The Morgan fingerprint density at radius 2 is 2.00 bits per heavy atom. The van der Waals surface area contributed by atoms with Crippen LogP contribution in [0.1, 0.15) is 31.4 Å². The van der Waals surface area contributed by atoms with Crippen LogP contribution in [0.25, 0.3) is 0 Å². The normalized spacial score (nSPS) is 18.2. The Morgan fingerprint density at radius 1 is 1.33 bits per heavy atom. The lowest BCUT2D eigenvalue weighted by Gasteiger charge is -2.22. The average Bonchev–Trinajstić information content (AvgIpc) is 2.69. The van der Waals surface area contributed by atoms with E-state index in [0.717, 1.165) is 31.6 Å². The molecule has 1 saturated heterocycles. The molecular weight excluding hydrogens is 193 g/mol. The van der Waals surface area contributed by atoms with E-state index in [1.165, 1.54) is 6.07 Å². The van der Waals surface area contributed by atoms with Gasteiger partial charge in [-0.25, -0.2) is 4.39 Å². The number of hydrogen-bond acceptors (Lipinski definition) is 2. The molecule has 82 valence electrons. The van der Waals surface area contributed by atoms with Crippen LogP contribution in [-0.4, -0.2) is 18.2 Å². The van der Waals surface area contributed by atoms with Crippen LogP contribution in [0.5, 0.6) is 0 Å². The van der Waals surface area contributed by atoms with Gasteiger partial charge in [0.1, 0.15) is 5.82 Å². The van der Waals surface area contributed by atoms with Gasteiger partial charge in [0.2, 0.25) is 0 Å². The molecule has 0 aliphatic carbocycles. The maximum absolute atomic E-state index is 13.6. The standard InChI is InChI=1S/C12H16FNO/c1-9(15)12-10(13)5-4-6-11(12)14-7-2-3-8-14/h4-6,9,15H,2-3,7-8H2,1H3. The molecule has 0 amide bonds. The van der Waals surface area contributed by atoms with Gasteiger partial charge in [0.15, 0.2) is 0 Å².